The summed E-state index contributed by atoms with van der Waals surface area (Å²) in [5.74, 6) is 0.184. The molecule has 0 radical (unpaired) electrons. The topological polar surface area (TPSA) is 43.8 Å². The second kappa shape index (κ2) is 5.78. The van der Waals surface area contributed by atoms with E-state index in [0.29, 0.717) is 0 Å². The molecule has 1 amide bonds. The van der Waals surface area contributed by atoms with Gasteiger partial charge < -0.3 is 10.0 Å². The predicted octanol–water partition coefficient (Wildman–Crippen LogP) is 1.81. The number of aliphatic hydroxyl groups excluding tert-OH is 1. The quantitative estimate of drug-likeness (QED) is 0.902. The Hall–Kier alpha value is -1.39. The molecule has 3 rings (SSSR count). The van der Waals surface area contributed by atoms with E-state index in [1.807, 2.05) is 30.0 Å². The van der Waals surface area contributed by atoms with Gasteiger partial charge in [0, 0.05) is 24.8 Å². The van der Waals surface area contributed by atoms with Crippen LogP contribution in [0.2, 0.25) is 0 Å². The number of aliphatic hydroxyl groups is 1. The average molecular weight is 288 g/mol. The number of hydrogen-bond acceptors (Lipinski definition) is 3. The van der Waals surface area contributed by atoms with Gasteiger partial charge in [-0.25, -0.2) is 0 Å². The zero-order valence-electron chi connectivity index (χ0n) is 12.8. The van der Waals surface area contributed by atoms with E-state index in [0.717, 1.165) is 38.0 Å². The Morgan fingerprint density at radius 1 is 1.29 bits per heavy atom. The van der Waals surface area contributed by atoms with Gasteiger partial charge in [0.25, 0.3) is 0 Å². The first kappa shape index (κ1) is 14.5. The van der Waals surface area contributed by atoms with Crippen LogP contribution < -0.4 is 4.90 Å². The average Bonchev–Trinajstić information content (AvgIpc) is 2.82. The van der Waals surface area contributed by atoms with Crippen LogP contribution in [-0.2, 0) is 11.2 Å². The van der Waals surface area contributed by atoms with E-state index in [1.165, 1.54) is 5.56 Å². The number of piperidine rings is 1. The summed E-state index contributed by atoms with van der Waals surface area (Å²) in [6.45, 7) is 5.72. The lowest BCUT2D eigenvalue weighted by Crippen LogP contribution is -2.51. The van der Waals surface area contributed by atoms with Crippen LogP contribution in [0.1, 0.15) is 32.3 Å². The maximum Gasteiger partial charge on any atom is 0.244 e. The van der Waals surface area contributed by atoms with E-state index in [4.69, 9.17) is 0 Å². The third-order valence-electron chi connectivity index (χ3n) is 4.85. The summed E-state index contributed by atoms with van der Waals surface area (Å²) in [6, 6.07) is 8.30. The number of fused-ring (bicyclic) bond motifs is 1. The Morgan fingerprint density at radius 2 is 1.95 bits per heavy atom. The smallest absolute Gasteiger partial charge is 0.244 e. The van der Waals surface area contributed by atoms with Crippen LogP contribution in [0.5, 0.6) is 0 Å². The van der Waals surface area contributed by atoms with Gasteiger partial charge in [-0.05, 0) is 44.7 Å². The van der Waals surface area contributed by atoms with E-state index in [1.54, 1.807) is 0 Å². The molecule has 0 spiro atoms. The number of hydrogen-bond donors (Lipinski definition) is 1. The first-order valence-electron chi connectivity index (χ1n) is 7.91. The van der Waals surface area contributed by atoms with Crippen molar-refractivity contribution < 1.29 is 9.90 Å². The minimum absolute atomic E-state index is 0.119. The number of benzene rings is 1. The summed E-state index contributed by atoms with van der Waals surface area (Å²) in [7, 11) is 0. The van der Waals surface area contributed by atoms with Gasteiger partial charge in [-0.3, -0.25) is 9.69 Å². The highest BCUT2D eigenvalue weighted by molar-refractivity contribution is 5.99. The van der Waals surface area contributed by atoms with Crippen molar-refractivity contribution in [3.63, 3.8) is 0 Å². The fourth-order valence-electron chi connectivity index (χ4n) is 3.53. The van der Waals surface area contributed by atoms with Gasteiger partial charge in [0.1, 0.15) is 0 Å². The molecule has 1 aromatic carbocycles. The molecular formula is C17H24N2O2. The predicted molar refractivity (Wildman–Crippen MR) is 83.4 cm³/mol. The SMILES string of the molecule is C[C@@H]1Cc2ccccc2N1C(=O)[C@H](C)N1CCC(O)CC1. The summed E-state index contributed by atoms with van der Waals surface area (Å²) in [4.78, 5) is 17.1. The van der Waals surface area contributed by atoms with Gasteiger partial charge in [0.2, 0.25) is 5.91 Å². The van der Waals surface area contributed by atoms with Gasteiger partial charge in [0.05, 0.1) is 12.1 Å². The highest BCUT2D eigenvalue weighted by atomic mass is 16.3. The molecule has 0 saturated carbocycles. The summed E-state index contributed by atoms with van der Waals surface area (Å²) in [6.07, 6.45) is 2.27. The normalized spacial score (nSPS) is 24.9. The molecule has 1 fully saturated rings. The van der Waals surface area contributed by atoms with E-state index < -0.39 is 0 Å². The second-order valence-corrected chi connectivity index (χ2v) is 6.33. The van der Waals surface area contributed by atoms with E-state index >= 15 is 0 Å². The zero-order chi connectivity index (χ0) is 15.0. The lowest BCUT2D eigenvalue weighted by molar-refractivity contribution is -0.124. The zero-order valence-corrected chi connectivity index (χ0v) is 12.8. The lowest BCUT2D eigenvalue weighted by Gasteiger charge is -2.36. The fraction of sp³-hybridized carbons (Fsp3) is 0.588. The number of carbonyl (C=O) groups excluding carboxylic acids is 1. The molecule has 114 valence electrons. The van der Waals surface area contributed by atoms with Crippen molar-refractivity contribution in [2.24, 2.45) is 0 Å². The van der Waals surface area contributed by atoms with E-state index in [9.17, 15) is 9.90 Å². The van der Waals surface area contributed by atoms with Gasteiger partial charge >= 0.3 is 0 Å². The maximum absolute atomic E-state index is 12.9. The molecule has 0 bridgehead atoms. The van der Waals surface area contributed by atoms with Crippen molar-refractivity contribution in [2.75, 3.05) is 18.0 Å². The molecule has 2 aliphatic rings. The Balaban J connectivity index is 1.76. The van der Waals surface area contributed by atoms with Crippen molar-refractivity contribution in [2.45, 2.75) is 51.3 Å². The van der Waals surface area contributed by atoms with Crippen LogP contribution in [0, 0.1) is 0 Å². The fourth-order valence-corrected chi connectivity index (χ4v) is 3.53. The Labute approximate surface area is 126 Å². The number of para-hydroxylation sites is 1. The summed E-state index contributed by atoms with van der Waals surface area (Å²) in [5.41, 5.74) is 2.33. The van der Waals surface area contributed by atoms with Gasteiger partial charge in [-0.2, -0.15) is 0 Å². The minimum Gasteiger partial charge on any atom is -0.393 e. The van der Waals surface area contributed by atoms with Crippen molar-refractivity contribution in [1.29, 1.82) is 0 Å². The third-order valence-corrected chi connectivity index (χ3v) is 4.85. The molecule has 4 heteroatoms. The Morgan fingerprint density at radius 3 is 2.67 bits per heavy atom. The van der Waals surface area contributed by atoms with Crippen molar-refractivity contribution in [3.8, 4) is 0 Å². The largest absolute Gasteiger partial charge is 0.393 e. The molecule has 4 nitrogen and oxygen atoms in total. The number of nitrogens with zero attached hydrogens (tertiary/aromatic N) is 2. The molecule has 1 N–H and O–H groups in total. The molecule has 1 aromatic rings. The standard InChI is InChI=1S/C17H24N2O2/c1-12-11-14-5-3-4-6-16(14)19(12)17(21)13(2)18-9-7-15(20)8-10-18/h3-6,12-13,15,20H,7-11H2,1-2H3/t12-,13+/m1/s1. The molecule has 2 aliphatic heterocycles. The highest BCUT2D eigenvalue weighted by Gasteiger charge is 2.35. The first-order valence-corrected chi connectivity index (χ1v) is 7.91. The van der Waals surface area contributed by atoms with Crippen LogP contribution in [0.4, 0.5) is 5.69 Å². The molecule has 0 unspecified atom stereocenters. The van der Waals surface area contributed by atoms with Crippen molar-refractivity contribution >= 4 is 11.6 Å². The number of anilines is 1. The van der Waals surface area contributed by atoms with E-state index in [2.05, 4.69) is 17.9 Å². The lowest BCUT2D eigenvalue weighted by atomic mass is 10.1. The minimum atomic E-state index is -0.199. The Bertz CT molecular complexity index is 523. The number of carbonyl (C=O) groups is 1. The summed E-state index contributed by atoms with van der Waals surface area (Å²) in [5, 5.41) is 9.61. The summed E-state index contributed by atoms with van der Waals surface area (Å²) < 4.78 is 0. The molecule has 21 heavy (non-hydrogen) atoms. The van der Waals surface area contributed by atoms with Crippen molar-refractivity contribution in [3.05, 3.63) is 29.8 Å². The number of likely N-dealkylation sites (tertiary alicyclic amines) is 1. The highest BCUT2D eigenvalue weighted by Crippen LogP contribution is 2.32. The van der Waals surface area contributed by atoms with Crippen LogP contribution >= 0.6 is 0 Å². The van der Waals surface area contributed by atoms with Gasteiger partial charge in [-0.15, -0.1) is 0 Å². The number of amides is 1. The third kappa shape index (κ3) is 2.70. The molecule has 0 aromatic heterocycles. The molecular weight excluding hydrogens is 264 g/mol. The number of rotatable bonds is 2. The first-order chi connectivity index (χ1) is 10.1. The maximum atomic E-state index is 12.9. The Kier molecular flexibility index (Phi) is 4.00. The molecule has 1 saturated heterocycles. The van der Waals surface area contributed by atoms with Gasteiger partial charge in [0.15, 0.2) is 0 Å². The van der Waals surface area contributed by atoms with E-state index in [-0.39, 0.29) is 24.1 Å². The van der Waals surface area contributed by atoms with Crippen LogP contribution in [0.3, 0.4) is 0 Å². The second-order valence-electron chi connectivity index (χ2n) is 6.33. The molecule has 2 atom stereocenters. The molecule has 0 aliphatic carbocycles. The van der Waals surface area contributed by atoms with Crippen LogP contribution in [0.25, 0.3) is 0 Å². The van der Waals surface area contributed by atoms with Crippen LogP contribution in [-0.4, -0.2) is 47.2 Å². The van der Waals surface area contributed by atoms with Crippen molar-refractivity contribution in [1.82, 2.24) is 4.90 Å². The monoisotopic (exact) mass is 288 g/mol. The molecule has 2 heterocycles. The van der Waals surface area contributed by atoms with Gasteiger partial charge in [-0.1, -0.05) is 18.2 Å². The summed E-state index contributed by atoms with van der Waals surface area (Å²) >= 11 is 0. The van der Waals surface area contributed by atoms with Crippen LogP contribution in [0.15, 0.2) is 24.3 Å².